The van der Waals surface area contributed by atoms with Gasteiger partial charge in [-0.05, 0) is 12.1 Å². The highest BCUT2D eigenvalue weighted by Gasteiger charge is 2.08. The Labute approximate surface area is 89.7 Å². The van der Waals surface area contributed by atoms with Gasteiger partial charge in [0.25, 0.3) is 5.69 Å². The van der Waals surface area contributed by atoms with Gasteiger partial charge in [-0.2, -0.15) is 0 Å². The Bertz CT molecular complexity index is 399. The SMILES string of the molecule is O=CCOC(=O)Oc1ccc([N+](=O)[O-])cc1. The van der Waals surface area contributed by atoms with E-state index in [1.165, 1.54) is 24.3 Å². The summed E-state index contributed by atoms with van der Waals surface area (Å²) < 4.78 is 8.92. The third kappa shape index (κ3) is 3.37. The number of nitro groups is 1. The van der Waals surface area contributed by atoms with Crippen LogP contribution in [0.5, 0.6) is 5.75 Å². The lowest BCUT2D eigenvalue weighted by Crippen LogP contribution is -2.11. The van der Waals surface area contributed by atoms with E-state index >= 15 is 0 Å². The van der Waals surface area contributed by atoms with Gasteiger partial charge >= 0.3 is 6.16 Å². The lowest BCUT2D eigenvalue weighted by Gasteiger charge is -2.02. The van der Waals surface area contributed by atoms with Crippen molar-refractivity contribution in [1.29, 1.82) is 0 Å². The molecular formula is C9H7NO6. The number of hydrogen-bond donors (Lipinski definition) is 0. The maximum atomic E-state index is 10.9. The van der Waals surface area contributed by atoms with Crippen LogP contribution in [0.1, 0.15) is 0 Å². The number of aldehydes is 1. The van der Waals surface area contributed by atoms with Crippen LogP contribution in [0, 0.1) is 10.1 Å². The normalized spacial score (nSPS) is 9.25. The Hall–Kier alpha value is -2.44. The first-order valence-electron chi connectivity index (χ1n) is 4.16. The number of carbonyl (C=O) groups excluding carboxylic acids is 2. The van der Waals surface area contributed by atoms with Gasteiger partial charge in [-0.3, -0.25) is 14.9 Å². The molecule has 0 atom stereocenters. The maximum Gasteiger partial charge on any atom is 0.514 e. The van der Waals surface area contributed by atoms with Crippen molar-refractivity contribution in [2.75, 3.05) is 6.61 Å². The zero-order valence-electron chi connectivity index (χ0n) is 7.99. The monoisotopic (exact) mass is 225 g/mol. The molecule has 0 unspecified atom stereocenters. The molecule has 0 aliphatic carbocycles. The van der Waals surface area contributed by atoms with Gasteiger partial charge in [0.1, 0.15) is 5.75 Å². The van der Waals surface area contributed by atoms with E-state index in [1.54, 1.807) is 0 Å². The van der Waals surface area contributed by atoms with Gasteiger partial charge in [0.15, 0.2) is 12.9 Å². The average Bonchev–Trinajstić information content (AvgIpc) is 2.27. The molecule has 7 heteroatoms. The molecule has 1 rings (SSSR count). The largest absolute Gasteiger partial charge is 0.514 e. The zero-order chi connectivity index (χ0) is 12.0. The lowest BCUT2D eigenvalue weighted by atomic mass is 10.3. The number of rotatable bonds is 4. The van der Waals surface area contributed by atoms with Crippen LogP contribution in [0.15, 0.2) is 24.3 Å². The molecule has 1 aromatic rings. The first-order chi connectivity index (χ1) is 7.63. The highest BCUT2D eigenvalue weighted by atomic mass is 16.7. The lowest BCUT2D eigenvalue weighted by molar-refractivity contribution is -0.384. The molecule has 84 valence electrons. The number of hydrogen-bond acceptors (Lipinski definition) is 6. The Morgan fingerprint density at radius 3 is 2.50 bits per heavy atom. The van der Waals surface area contributed by atoms with E-state index in [4.69, 9.17) is 0 Å². The summed E-state index contributed by atoms with van der Waals surface area (Å²) in [5.74, 6) is 0.0986. The summed E-state index contributed by atoms with van der Waals surface area (Å²) in [5.41, 5.74) is -0.117. The molecule has 0 spiro atoms. The van der Waals surface area contributed by atoms with Crippen LogP contribution in [-0.2, 0) is 9.53 Å². The molecule has 0 heterocycles. The van der Waals surface area contributed by atoms with E-state index in [-0.39, 0.29) is 11.4 Å². The fraction of sp³-hybridized carbons (Fsp3) is 0.111. The summed E-state index contributed by atoms with van der Waals surface area (Å²) in [6.07, 6.45) is -0.641. The van der Waals surface area contributed by atoms with Crippen molar-refractivity contribution in [2.45, 2.75) is 0 Å². The van der Waals surface area contributed by atoms with Crippen LogP contribution in [0.2, 0.25) is 0 Å². The molecule has 0 amide bonds. The highest BCUT2D eigenvalue weighted by Crippen LogP contribution is 2.17. The third-order valence-corrected chi connectivity index (χ3v) is 1.52. The van der Waals surface area contributed by atoms with E-state index < -0.39 is 17.7 Å². The molecule has 7 nitrogen and oxygen atoms in total. The number of benzene rings is 1. The summed E-state index contributed by atoms with van der Waals surface area (Å²) in [6, 6.07) is 4.87. The molecule has 1 aromatic carbocycles. The minimum Gasteiger partial charge on any atom is -0.426 e. The van der Waals surface area contributed by atoms with Gasteiger partial charge in [0, 0.05) is 12.1 Å². The molecule has 0 bridgehead atoms. The minimum absolute atomic E-state index is 0.0986. The van der Waals surface area contributed by atoms with Crippen molar-refractivity contribution in [3.05, 3.63) is 34.4 Å². The van der Waals surface area contributed by atoms with E-state index in [0.29, 0.717) is 6.29 Å². The Kier molecular flexibility index (Phi) is 3.96. The number of nitro benzene ring substituents is 1. The second kappa shape index (κ2) is 5.44. The van der Waals surface area contributed by atoms with Crippen molar-refractivity contribution >= 4 is 18.1 Å². The van der Waals surface area contributed by atoms with E-state index in [1.807, 2.05) is 0 Å². The smallest absolute Gasteiger partial charge is 0.426 e. The molecule has 0 aliphatic rings. The predicted octanol–water partition coefficient (Wildman–Crippen LogP) is 1.31. The minimum atomic E-state index is -1.04. The maximum absolute atomic E-state index is 10.9. The van der Waals surface area contributed by atoms with Crippen molar-refractivity contribution in [3.63, 3.8) is 0 Å². The number of non-ortho nitro benzene ring substituents is 1. The van der Waals surface area contributed by atoms with Crippen LogP contribution in [0.3, 0.4) is 0 Å². The summed E-state index contributed by atoms with van der Waals surface area (Å²) >= 11 is 0. The quantitative estimate of drug-likeness (QED) is 0.252. The van der Waals surface area contributed by atoms with Crippen molar-refractivity contribution in [2.24, 2.45) is 0 Å². The summed E-state index contributed by atoms with van der Waals surface area (Å²) in [6.45, 7) is -0.397. The highest BCUT2D eigenvalue weighted by molar-refractivity contribution is 5.66. The van der Waals surface area contributed by atoms with Gasteiger partial charge in [0.2, 0.25) is 0 Å². The predicted molar refractivity (Wildman–Crippen MR) is 51.1 cm³/mol. The van der Waals surface area contributed by atoms with Gasteiger partial charge in [-0.1, -0.05) is 0 Å². The van der Waals surface area contributed by atoms with Crippen molar-refractivity contribution in [3.8, 4) is 5.75 Å². The standard InChI is InChI=1S/C9H7NO6/c11-5-6-15-9(12)16-8-3-1-7(2-4-8)10(13)14/h1-5H,6H2. The zero-order valence-corrected chi connectivity index (χ0v) is 7.99. The second-order valence-corrected chi connectivity index (χ2v) is 2.58. The van der Waals surface area contributed by atoms with E-state index in [2.05, 4.69) is 9.47 Å². The third-order valence-electron chi connectivity index (χ3n) is 1.52. The summed E-state index contributed by atoms with van der Waals surface area (Å²) in [5, 5.41) is 10.3. The number of nitrogens with zero attached hydrogens (tertiary/aromatic N) is 1. The van der Waals surface area contributed by atoms with Gasteiger partial charge in [-0.15, -0.1) is 0 Å². The van der Waals surface area contributed by atoms with Crippen molar-refractivity contribution in [1.82, 2.24) is 0 Å². The average molecular weight is 225 g/mol. The van der Waals surface area contributed by atoms with Gasteiger partial charge in [-0.25, -0.2) is 4.79 Å². The van der Waals surface area contributed by atoms with E-state index in [0.717, 1.165) is 0 Å². The van der Waals surface area contributed by atoms with Crippen molar-refractivity contribution < 1.29 is 24.0 Å². The molecule has 0 aromatic heterocycles. The topological polar surface area (TPSA) is 95.7 Å². The fourth-order valence-corrected chi connectivity index (χ4v) is 0.864. The molecule has 16 heavy (non-hydrogen) atoms. The van der Waals surface area contributed by atoms with Gasteiger partial charge < -0.3 is 9.47 Å². The Balaban J connectivity index is 2.58. The van der Waals surface area contributed by atoms with Crippen LogP contribution >= 0.6 is 0 Å². The van der Waals surface area contributed by atoms with Crippen LogP contribution in [0.25, 0.3) is 0 Å². The van der Waals surface area contributed by atoms with Crippen LogP contribution in [-0.4, -0.2) is 24.0 Å². The van der Waals surface area contributed by atoms with E-state index in [9.17, 15) is 19.7 Å². The molecule has 0 saturated heterocycles. The van der Waals surface area contributed by atoms with Gasteiger partial charge in [0.05, 0.1) is 4.92 Å². The molecule has 0 aliphatic heterocycles. The molecule has 0 radical (unpaired) electrons. The Morgan fingerprint density at radius 2 is 2.00 bits per heavy atom. The van der Waals surface area contributed by atoms with Crippen LogP contribution < -0.4 is 4.74 Å². The first-order valence-corrected chi connectivity index (χ1v) is 4.16. The number of ether oxygens (including phenoxy) is 2. The number of carbonyl (C=O) groups is 2. The summed E-state index contributed by atoms with van der Waals surface area (Å²) in [4.78, 5) is 30.5. The van der Waals surface area contributed by atoms with Crippen LogP contribution in [0.4, 0.5) is 10.5 Å². The Morgan fingerprint density at radius 1 is 1.38 bits per heavy atom. The summed E-state index contributed by atoms with van der Waals surface area (Å²) in [7, 11) is 0. The molecular weight excluding hydrogens is 218 g/mol. The second-order valence-electron chi connectivity index (χ2n) is 2.58. The molecule has 0 N–H and O–H groups in total. The fourth-order valence-electron chi connectivity index (χ4n) is 0.864. The molecule has 0 fully saturated rings. The molecule has 0 saturated carbocycles. The first kappa shape index (κ1) is 11.6.